The zero-order valence-electron chi connectivity index (χ0n) is 18.5. The van der Waals surface area contributed by atoms with Crippen LogP contribution in [0.3, 0.4) is 0 Å². The lowest BCUT2D eigenvalue weighted by molar-refractivity contribution is 0.173. The molecule has 2 aromatic carbocycles. The van der Waals surface area contributed by atoms with E-state index in [1.165, 1.54) is 0 Å². The zero-order valence-corrected chi connectivity index (χ0v) is 18.5. The van der Waals surface area contributed by atoms with Crippen LogP contribution in [-0.2, 0) is 9.47 Å². The molecule has 0 unspecified atom stereocenters. The van der Waals surface area contributed by atoms with Crippen molar-refractivity contribution in [1.29, 1.82) is 0 Å². The fourth-order valence-corrected chi connectivity index (χ4v) is 4.24. The smallest absolute Gasteiger partial charge is 0.231 e. The zero-order chi connectivity index (χ0) is 22.1. The first-order chi connectivity index (χ1) is 15.3. The first kappa shape index (κ1) is 19.3. The van der Waals surface area contributed by atoms with Crippen LogP contribution in [0.4, 0.5) is 0 Å². The lowest BCUT2D eigenvalue weighted by Gasteiger charge is -2.17. The summed E-state index contributed by atoms with van der Waals surface area (Å²) in [5, 5.41) is 0. The van der Waals surface area contributed by atoms with Gasteiger partial charge in [0.05, 0.1) is 11.1 Å². The van der Waals surface area contributed by atoms with Gasteiger partial charge in [0.2, 0.25) is 25.4 Å². The summed E-state index contributed by atoms with van der Waals surface area (Å²) in [4.78, 5) is 9.62. The van der Waals surface area contributed by atoms with Crippen LogP contribution in [0.2, 0.25) is 0 Å². The van der Waals surface area contributed by atoms with Crippen LogP contribution in [0.1, 0.15) is 38.8 Å². The molecule has 0 spiro atoms. The van der Waals surface area contributed by atoms with Gasteiger partial charge in [-0.2, -0.15) is 0 Å². The number of aliphatic imine (C=N–C) groups is 2. The summed E-state index contributed by atoms with van der Waals surface area (Å²) < 4.78 is 35.3. The Hall–Kier alpha value is -3.42. The van der Waals surface area contributed by atoms with Gasteiger partial charge >= 0.3 is 0 Å². The molecule has 0 aromatic heterocycles. The van der Waals surface area contributed by atoms with Crippen LogP contribution in [0.15, 0.2) is 34.3 Å². The first-order valence-electron chi connectivity index (χ1n) is 10.6. The first-order valence-corrected chi connectivity index (χ1v) is 10.6. The quantitative estimate of drug-likeness (QED) is 0.726. The fraction of sp³-hybridized carbons (Fsp3) is 0.417. The maximum absolute atomic E-state index is 6.01. The highest BCUT2D eigenvalue weighted by molar-refractivity contribution is 6.10. The monoisotopic (exact) mass is 436 g/mol. The maximum atomic E-state index is 6.01. The lowest BCUT2D eigenvalue weighted by Crippen LogP contribution is -2.17. The van der Waals surface area contributed by atoms with Crippen LogP contribution < -0.4 is 18.9 Å². The molecule has 0 radical (unpaired) electrons. The molecule has 32 heavy (non-hydrogen) atoms. The normalized spacial score (nSPS) is 21.1. The number of hydrogen-bond acceptors (Lipinski definition) is 8. The summed E-state index contributed by atoms with van der Waals surface area (Å²) in [5.41, 5.74) is 2.50. The molecule has 0 saturated heterocycles. The second-order valence-corrected chi connectivity index (χ2v) is 9.48. The molecule has 166 valence electrons. The van der Waals surface area contributed by atoms with E-state index < -0.39 is 0 Å². The number of benzene rings is 2. The minimum atomic E-state index is -0.313. The van der Waals surface area contributed by atoms with E-state index >= 15 is 0 Å². The van der Waals surface area contributed by atoms with E-state index in [1.807, 2.05) is 52.0 Å². The molecule has 0 fully saturated rings. The molecule has 0 saturated carbocycles. The van der Waals surface area contributed by atoms with Gasteiger partial charge in [0, 0.05) is 22.3 Å². The van der Waals surface area contributed by atoms with Gasteiger partial charge < -0.3 is 28.4 Å². The van der Waals surface area contributed by atoms with Gasteiger partial charge in [0.25, 0.3) is 0 Å². The van der Waals surface area contributed by atoms with E-state index in [2.05, 4.69) is 0 Å². The second-order valence-electron chi connectivity index (χ2n) is 9.48. The predicted octanol–water partition coefficient (Wildman–Crippen LogP) is 3.92. The molecule has 0 atom stereocenters. The summed E-state index contributed by atoms with van der Waals surface area (Å²) >= 11 is 0. The minimum Gasteiger partial charge on any atom is -0.475 e. The Kier molecular flexibility index (Phi) is 3.94. The van der Waals surface area contributed by atoms with E-state index in [1.54, 1.807) is 0 Å². The molecular formula is C24H24N2O6. The van der Waals surface area contributed by atoms with Crippen LogP contribution >= 0.6 is 0 Å². The maximum Gasteiger partial charge on any atom is 0.231 e. The van der Waals surface area contributed by atoms with Crippen molar-refractivity contribution in [1.82, 2.24) is 0 Å². The van der Waals surface area contributed by atoms with Crippen molar-refractivity contribution in [2.24, 2.45) is 9.98 Å². The van der Waals surface area contributed by atoms with Crippen LogP contribution in [0, 0.1) is 0 Å². The van der Waals surface area contributed by atoms with Crippen molar-refractivity contribution in [2.45, 2.75) is 38.8 Å². The average Bonchev–Trinajstić information content (AvgIpc) is 3.52. The van der Waals surface area contributed by atoms with Gasteiger partial charge in [-0.1, -0.05) is 0 Å². The van der Waals surface area contributed by atoms with E-state index in [0.717, 1.165) is 22.3 Å². The molecule has 4 aliphatic rings. The molecule has 0 N–H and O–H groups in total. The van der Waals surface area contributed by atoms with Crippen LogP contribution in [0.25, 0.3) is 11.1 Å². The number of rotatable bonds is 3. The van der Waals surface area contributed by atoms with Gasteiger partial charge in [0.1, 0.15) is 13.2 Å². The van der Waals surface area contributed by atoms with Gasteiger partial charge in [-0.25, -0.2) is 9.98 Å². The third-order valence-electron chi connectivity index (χ3n) is 5.72. The Balaban J connectivity index is 1.65. The number of ether oxygens (including phenoxy) is 6. The molecule has 8 nitrogen and oxygen atoms in total. The summed E-state index contributed by atoms with van der Waals surface area (Å²) in [6.45, 7) is 9.43. The summed E-state index contributed by atoms with van der Waals surface area (Å²) in [7, 11) is 0. The molecule has 8 heteroatoms. The lowest BCUT2D eigenvalue weighted by atomic mass is 9.92. The van der Waals surface area contributed by atoms with Crippen molar-refractivity contribution < 1.29 is 28.4 Å². The minimum absolute atomic E-state index is 0.136. The fourth-order valence-electron chi connectivity index (χ4n) is 4.24. The third kappa shape index (κ3) is 2.97. The summed E-state index contributed by atoms with van der Waals surface area (Å²) in [6, 6.07) is 7.66. The van der Waals surface area contributed by atoms with E-state index in [9.17, 15) is 0 Å². The molecule has 4 heterocycles. The molecular weight excluding hydrogens is 412 g/mol. The highest BCUT2D eigenvalue weighted by Gasteiger charge is 2.37. The van der Waals surface area contributed by atoms with Gasteiger partial charge in [-0.05, 0) is 52.0 Å². The van der Waals surface area contributed by atoms with E-state index in [-0.39, 0.29) is 24.7 Å². The number of nitrogens with zero attached hydrogens (tertiary/aromatic N) is 2. The van der Waals surface area contributed by atoms with Gasteiger partial charge in [-0.3, -0.25) is 0 Å². The standard InChI is InChI=1S/C24H24N2O6/c1-23(2)9-27-21(25-23)13-5-7-15-19(31-11-29-15)17(13)18-14(22-26-24(3,4)10-28-22)6-8-16-20(18)32-12-30-16/h5-8H,9-12H2,1-4H3. The molecule has 6 rings (SSSR count). The molecule has 4 aliphatic heterocycles. The predicted molar refractivity (Wildman–Crippen MR) is 117 cm³/mol. The van der Waals surface area contributed by atoms with Crippen molar-refractivity contribution in [2.75, 3.05) is 26.8 Å². The highest BCUT2D eigenvalue weighted by atomic mass is 16.7. The van der Waals surface area contributed by atoms with Gasteiger partial charge in [-0.15, -0.1) is 0 Å². The Morgan fingerprint density at radius 1 is 0.594 bits per heavy atom. The Morgan fingerprint density at radius 2 is 1.03 bits per heavy atom. The average molecular weight is 436 g/mol. The second kappa shape index (κ2) is 6.54. The van der Waals surface area contributed by atoms with Crippen molar-refractivity contribution in [3.05, 3.63) is 35.4 Å². The van der Waals surface area contributed by atoms with Crippen LogP contribution in [-0.4, -0.2) is 49.7 Å². The van der Waals surface area contributed by atoms with Crippen molar-refractivity contribution >= 4 is 11.8 Å². The van der Waals surface area contributed by atoms with Crippen LogP contribution in [0.5, 0.6) is 23.0 Å². The van der Waals surface area contributed by atoms with E-state index in [4.69, 9.17) is 38.4 Å². The van der Waals surface area contributed by atoms with Gasteiger partial charge in [0.15, 0.2) is 23.0 Å². The SMILES string of the molecule is CC1(C)COC(c2ccc3c(c2-c2c(C4=NC(C)(C)CO4)ccc4c2OCO4)OCO3)=N1. The molecule has 0 amide bonds. The Morgan fingerprint density at radius 3 is 1.41 bits per heavy atom. The molecule has 0 aliphatic carbocycles. The Bertz CT molecular complexity index is 1100. The van der Waals surface area contributed by atoms with Crippen molar-refractivity contribution in [3.63, 3.8) is 0 Å². The number of fused-ring (bicyclic) bond motifs is 2. The van der Waals surface area contributed by atoms with Crippen molar-refractivity contribution in [3.8, 4) is 34.1 Å². The summed E-state index contributed by atoms with van der Waals surface area (Å²) in [6.07, 6.45) is 0. The van der Waals surface area contributed by atoms with E-state index in [0.29, 0.717) is 48.0 Å². The topological polar surface area (TPSA) is 80.1 Å². The Labute approximate surface area is 185 Å². The summed E-state index contributed by atoms with van der Waals surface area (Å²) in [5.74, 6) is 3.64. The number of hydrogen-bond donors (Lipinski definition) is 0. The molecule has 2 aromatic rings. The largest absolute Gasteiger partial charge is 0.475 e. The molecule has 0 bridgehead atoms. The third-order valence-corrected chi connectivity index (χ3v) is 5.72. The highest BCUT2D eigenvalue weighted by Crippen LogP contribution is 2.52.